The number of halogens is 1. The van der Waals surface area contributed by atoms with Gasteiger partial charge in [-0.1, -0.05) is 17.7 Å². The number of rotatable bonds is 4. The monoisotopic (exact) mass is 556 g/mol. The number of phenols is 1. The SMILES string of the molecule is COc1ccc(Cl)cc1-c1ccc(O)c2c1C[C@@H]1C[C@@H]3[C@@H](N(C)C)C(O)C(C(N)=O)C(=O)[C@]3(O)C(=O)C1C2=O. The van der Waals surface area contributed by atoms with Crippen molar-refractivity contribution in [1.29, 1.82) is 0 Å². The van der Waals surface area contributed by atoms with Crippen molar-refractivity contribution in [1.82, 2.24) is 4.90 Å². The third kappa shape index (κ3) is 3.81. The minimum absolute atomic E-state index is 0.0248. The molecule has 0 radical (unpaired) electrons. The van der Waals surface area contributed by atoms with Crippen molar-refractivity contribution in [2.45, 2.75) is 30.6 Å². The van der Waals surface area contributed by atoms with Gasteiger partial charge in [0.05, 0.1) is 24.7 Å². The molecule has 2 saturated carbocycles. The molecule has 10 nitrogen and oxygen atoms in total. The van der Waals surface area contributed by atoms with Crippen LogP contribution < -0.4 is 10.5 Å². The number of hydrogen-bond acceptors (Lipinski definition) is 9. The zero-order valence-electron chi connectivity index (χ0n) is 21.6. The Balaban J connectivity index is 1.67. The molecule has 2 fully saturated rings. The van der Waals surface area contributed by atoms with Crippen LogP contribution in [0.25, 0.3) is 11.1 Å². The van der Waals surface area contributed by atoms with Gasteiger partial charge in [-0.3, -0.25) is 19.2 Å². The normalized spacial score (nSPS) is 31.9. The number of primary amides is 1. The van der Waals surface area contributed by atoms with Crippen LogP contribution in [-0.2, 0) is 20.8 Å². The molecule has 2 aromatic rings. The van der Waals surface area contributed by atoms with Crippen molar-refractivity contribution in [3.05, 3.63) is 46.5 Å². The summed E-state index contributed by atoms with van der Waals surface area (Å²) in [5.74, 6) is -9.00. The predicted molar refractivity (Wildman–Crippen MR) is 139 cm³/mol. The van der Waals surface area contributed by atoms with Crippen LogP contribution in [0.15, 0.2) is 30.3 Å². The zero-order chi connectivity index (χ0) is 28.5. The Bertz CT molecular complexity index is 1420. The topological polar surface area (TPSA) is 167 Å². The molecule has 0 bridgehead atoms. The Morgan fingerprint density at radius 2 is 1.82 bits per heavy atom. The van der Waals surface area contributed by atoms with Crippen molar-refractivity contribution < 1.29 is 39.2 Å². The zero-order valence-corrected chi connectivity index (χ0v) is 22.3. The van der Waals surface area contributed by atoms with E-state index >= 15 is 0 Å². The minimum Gasteiger partial charge on any atom is -0.507 e. The summed E-state index contributed by atoms with van der Waals surface area (Å²) in [7, 11) is 4.69. The van der Waals surface area contributed by atoms with Gasteiger partial charge in [0.15, 0.2) is 23.0 Å². The van der Waals surface area contributed by atoms with E-state index in [4.69, 9.17) is 22.1 Å². The molecular weight excluding hydrogens is 528 g/mol. The first-order chi connectivity index (χ1) is 18.3. The number of aromatic hydroxyl groups is 1. The molecule has 3 unspecified atom stereocenters. The second kappa shape index (κ2) is 9.41. The Morgan fingerprint density at radius 1 is 1.13 bits per heavy atom. The lowest BCUT2D eigenvalue weighted by molar-refractivity contribution is -0.190. The van der Waals surface area contributed by atoms with Gasteiger partial charge in [0.2, 0.25) is 5.91 Å². The highest BCUT2D eigenvalue weighted by Gasteiger charge is 2.69. The lowest BCUT2D eigenvalue weighted by Gasteiger charge is -2.54. The molecule has 1 amide bonds. The van der Waals surface area contributed by atoms with Crippen molar-refractivity contribution in [3.8, 4) is 22.6 Å². The number of aliphatic hydroxyl groups is 2. The summed E-state index contributed by atoms with van der Waals surface area (Å²) >= 11 is 6.26. The Kier molecular flexibility index (Phi) is 6.58. The van der Waals surface area contributed by atoms with Crippen LogP contribution in [0.3, 0.4) is 0 Å². The van der Waals surface area contributed by atoms with E-state index in [2.05, 4.69) is 0 Å². The third-order valence-corrected chi connectivity index (χ3v) is 8.86. The van der Waals surface area contributed by atoms with Gasteiger partial charge in [-0.2, -0.15) is 0 Å². The maximum absolute atomic E-state index is 13.9. The first kappa shape index (κ1) is 27.3. The number of phenolic OH excluding ortho intramolecular Hbond substituents is 1. The Hall–Kier alpha value is -3.31. The second-order valence-electron chi connectivity index (χ2n) is 10.8. The van der Waals surface area contributed by atoms with E-state index in [1.54, 1.807) is 43.3 Å². The number of carbonyl (C=O) groups excluding carboxylic acids is 4. The molecule has 0 aliphatic heterocycles. The van der Waals surface area contributed by atoms with E-state index in [0.29, 0.717) is 27.5 Å². The lowest BCUT2D eigenvalue weighted by Crippen LogP contribution is -2.75. The fourth-order valence-electron chi connectivity index (χ4n) is 6.97. The summed E-state index contributed by atoms with van der Waals surface area (Å²) in [5, 5.41) is 33.9. The molecule has 0 heterocycles. The van der Waals surface area contributed by atoms with Crippen LogP contribution in [0, 0.1) is 23.7 Å². The molecule has 206 valence electrons. The number of nitrogens with two attached hydrogens (primary N) is 1. The number of fused-ring (bicyclic) bond motifs is 3. The average molecular weight is 557 g/mol. The number of aliphatic hydroxyl groups excluding tert-OH is 1. The fraction of sp³-hybridized carbons (Fsp3) is 0.429. The van der Waals surface area contributed by atoms with Crippen molar-refractivity contribution in [2.24, 2.45) is 29.4 Å². The number of carbonyl (C=O) groups is 4. The molecule has 5 rings (SSSR count). The molecule has 0 aromatic heterocycles. The van der Waals surface area contributed by atoms with Gasteiger partial charge < -0.3 is 30.7 Å². The number of likely N-dealkylation sites (N-methyl/N-ethyl adjacent to an activating group) is 1. The molecule has 0 spiro atoms. The van der Waals surface area contributed by atoms with E-state index < -0.39 is 64.7 Å². The molecule has 0 saturated heterocycles. The van der Waals surface area contributed by atoms with Crippen LogP contribution in [-0.4, -0.2) is 82.4 Å². The molecular formula is C28H29ClN2O8. The smallest absolute Gasteiger partial charge is 0.230 e. The van der Waals surface area contributed by atoms with Gasteiger partial charge in [0, 0.05) is 22.5 Å². The summed E-state index contributed by atoms with van der Waals surface area (Å²) in [4.78, 5) is 54.9. The summed E-state index contributed by atoms with van der Waals surface area (Å²) < 4.78 is 5.50. The molecule has 5 N–H and O–H groups in total. The number of benzene rings is 2. The standard InChI is InChI=1S/C28H29ClN2O8/c1-31(2)22-16-9-11-8-15-13(14-10-12(29)4-7-18(14)39-3)5-6-17(32)20(15)23(33)19(11)25(35)28(16,38)26(36)21(24(22)34)27(30)37/h4-7,10-11,16,19,21-22,24,32,34,38H,8-9H2,1-3H3,(H2,30,37)/t11-,16-,19?,21?,22-,24?,28-/m1/s1. The summed E-state index contributed by atoms with van der Waals surface area (Å²) in [6, 6.07) is 7.03. The van der Waals surface area contributed by atoms with Crippen molar-refractivity contribution >= 4 is 34.9 Å². The largest absolute Gasteiger partial charge is 0.507 e. The maximum atomic E-state index is 13.9. The van der Waals surface area contributed by atoms with E-state index in [1.165, 1.54) is 13.2 Å². The first-order valence-electron chi connectivity index (χ1n) is 12.5. The lowest BCUT2D eigenvalue weighted by atomic mass is 9.52. The highest BCUT2D eigenvalue weighted by Crippen LogP contribution is 2.52. The maximum Gasteiger partial charge on any atom is 0.230 e. The van der Waals surface area contributed by atoms with Gasteiger partial charge in [-0.25, -0.2) is 0 Å². The van der Waals surface area contributed by atoms with Crippen LogP contribution in [0.5, 0.6) is 11.5 Å². The quantitative estimate of drug-likeness (QED) is 0.401. The van der Waals surface area contributed by atoms with Crippen molar-refractivity contribution in [3.63, 3.8) is 0 Å². The van der Waals surface area contributed by atoms with E-state index in [9.17, 15) is 34.5 Å². The van der Waals surface area contributed by atoms with E-state index in [1.807, 2.05) is 0 Å². The molecule has 3 aliphatic carbocycles. The van der Waals surface area contributed by atoms with Gasteiger partial charge in [-0.05, 0) is 68.2 Å². The number of ether oxygens (including phenoxy) is 1. The molecule has 39 heavy (non-hydrogen) atoms. The summed E-state index contributed by atoms with van der Waals surface area (Å²) in [6.45, 7) is 0. The van der Waals surface area contributed by atoms with Gasteiger partial charge in [0.1, 0.15) is 17.4 Å². The van der Waals surface area contributed by atoms with Crippen LogP contribution in [0.4, 0.5) is 0 Å². The Labute approximate surface area is 229 Å². The molecule has 7 atom stereocenters. The number of methoxy groups -OCH3 is 1. The molecule has 2 aromatic carbocycles. The minimum atomic E-state index is -2.70. The molecule has 3 aliphatic rings. The van der Waals surface area contributed by atoms with E-state index in [0.717, 1.165) is 0 Å². The first-order valence-corrected chi connectivity index (χ1v) is 12.9. The number of amides is 1. The van der Waals surface area contributed by atoms with Gasteiger partial charge in [-0.15, -0.1) is 0 Å². The fourth-order valence-corrected chi connectivity index (χ4v) is 7.14. The third-order valence-electron chi connectivity index (χ3n) is 8.63. The van der Waals surface area contributed by atoms with E-state index in [-0.39, 0.29) is 24.2 Å². The van der Waals surface area contributed by atoms with Crippen LogP contribution >= 0.6 is 11.6 Å². The predicted octanol–water partition coefficient (Wildman–Crippen LogP) is 0.988. The highest BCUT2D eigenvalue weighted by molar-refractivity contribution is 6.31. The number of nitrogens with zero attached hydrogens (tertiary/aromatic N) is 1. The molecule has 11 heteroatoms. The summed E-state index contributed by atoms with van der Waals surface area (Å²) in [5.41, 5.74) is 4.28. The highest BCUT2D eigenvalue weighted by atomic mass is 35.5. The number of hydrogen-bond donors (Lipinski definition) is 4. The number of ketones is 3. The van der Waals surface area contributed by atoms with Crippen LogP contribution in [0.1, 0.15) is 22.3 Å². The van der Waals surface area contributed by atoms with Crippen molar-refractivity contribution in [2.75, 3.05) is 21.2 Å². The number of Topliss-reactive ketones (excluding diaryl/α,β-unsaturated/α-hetero) is 3. The van der Waals surface area contributed by atoms with Gasteiger partial charge in [0.25, 0.3) is 0 Å². The Morgan fingerprint density at radius 3 is 2.44 bits per heavy atom. The second-order valence-corrected chi connectivity index (χ2v) is 11.2. The summed E-state index contributed by atoms with van der Waals surface area (Å²) in [6.07, 6.45) is -1.37. The van der Waals surface area contributed by atoms with Crippen LogP contribution in [0.2, 0.25) is 5.02 Å². The average Bonchev–Trinajstić information content (AvgIpc) is 2.86. The van der Waals surface area contributed by atoms with Gasteiger partial charge >= 0.3 is 0 Å².